The molecule has 0 radical (unpaired) electrons. The molecule has 5 heteroatoms. The minimum absolute atomic E-state index is 0.297. The summed E-state index contributed by atoms with van der Waals surface area (Å²) in [5.74, 6) is 1.14. The average molecular weight is 229 g/mol. The first-order chi connectivity index (χ1) is 7.18. The molecule has 0 saturated carbocycles. The Kier molecular flexibility index (Phi) is 3.11. The van der Waals surface area contributed by atoms with Gasteiger partial charge in [0.25, 0.3) is 0 Å². The van der Waals surface area contributed by atoms with Crippen LogP contribution in [0.5, 0.6) is 0 Å². The van der Waals surface area contributed by atoms with Crippen LogP contribution in [0.15, 0.2) is 22.8 Å². The fraction of sp³-hybridized carbons (Fsp3) is 0.600. The van der Waals surface area contributed by atoms with Gasteiger partial charge in [-0.15, -0.1) is 0 Å². The molecule has 84 valence electrons. The van der Waals surface area contributed by atoms with E-state index in [1.807, 2.05) is 12.1 Å². The molecule has 1 aromatic rings. The van der Waals surface area contributed by atoms with Crippen molar-refractivity contribution in [3.8, 4) is 0 Å². The first kappa shape index (κ1) is 10.7. The van der Waals surface area contributed by atoms with E-state index in [2.05, 4.69) is 0 Å². The van der Waals surface area contributed by atoms with Gasteiger partial charge in [0.2, 0.25) is 10.0 Å². The van der Waals surface area contributed by atoms with Crippen LogP contribution in [-0.4, -0.2) is 31.6 Å². The molecule has 15 heavy (non-hydrogen) atoms. The molecule has 2 rings (SSSR count). The van der Waals surface area contributed by atoms with Gasteiger partial charge < -0.3 is 4.42 Å². The van der Waals surface area contributed by atoms with Crippen molar-refractivity contribution in [2.45, 2.75) is 19.3 Å². The summed E-state index contributed by atoms with van der Waals surface area (Å²) in [6.07, 6.45) is 4.03. The molecule has 0 aromatic carbocycles. The minimum atomic E-state index is -2.99. The van der Waals surface area contributed by atoms with Crippen LogP contribution in [0.1, 0.15) is 18.6 Å². The van der Waals surface area contributed by atoms with Crippen LogP contribution in [0.4, 0.5) is 0 Å². The van der Waals surface area contributed by atoms with Crippen LogP contribution in [0.2, 0.25) is 0 Å². The van der Waals surface area contributed by atoms with E-state index in [4.69, 9.17) is 4.42 Å². The molecule has 2 heterocycles. The molecule has 0 atom stereocenters. The summed E-state index contributed by atoms with van der Waals surface area (Å²) in [5, 5.41) is 0. The molecule has 0 N–H and O–H groups in total. The smallest absolute Gasteiger partial charge is 0.214 e. The average Bonchev–Trinajstić information content (AvgIpc) is 2.68. The number of hydrogen-bond donors (Lipinski definition) is 0. The summed E-state index contributed by atoms with van der Waals surface area (Å²) < 4.78 is 30.0. The molecule has 0 unspecified atom stereocenters. The van der Waals surface area contributed by atoms with E-state index in [9.17, 15) is 8.42 Å². The molecule has 0 aliphatic carbocycles. The highest BCUT2D eigenvalue weighted by Crippen LogP contribution is 2.14. The zero-order valence-electron chi connectivity index (χ0n) is 8.55. The maximum atomic E-state index is 11.6. The third-order valence-electron chi connectivity index (χ3n) is 2.64. The van der Waals surface area contributed by atoms with Gasteiger partial charge in [-0.3, -0.25) is 0 Å². The van der Waals surface area contributed by atoms with E-state index in [-0.39, 0.29) is 0 Å². The Balaban J connectivity index is 1.94. The SMILES string of the molecule is O=S1(=O)CCCCN1CCc1ccco1. The van der Waals surface area contributed by atoms with Gasteiger partial charge in [0.1, 0.15) is 5.76 Å². The maximum absolute atomic E-state index is 11.6. The second-order valence-electron chi connectivity index (χ2n) is 3.75. The first-order valence-corrected chi connectivity index (χ1v) is 6.79. The fourth-order valence-electron chi connectivity index (χ4n) is 1.78. The van der Waals surface area contributed by atoms with Crippen LogP contribution in [0.25, 0.3) is 0 Å². The van der Waals surface area contributed by atoms with Crippen molar-refractivity contribution in [1.29, 1.82) is 0 Å². The maximum Gasteiger partial charge on any atom is 0.214 e. The molecule has 0 spiro atoms. The summed E-state index contributed by atoms with van der Waals surface area (Å²) in [7, 11) is -2.99. The Labute approximate surface area is 89.9 Å². The van der Waals surface area contributed by atoms with Gasteiger partial charge in [-0.2, -0.15) is 0 Å². The van der Waals surface area contributed by atoms with Crippen LogP contribution in [0.3, 0.4) is 0 Å². The van der Waals surface area contributed by atoms with Gasteiger partial charge in [-0.1, -0.05) is 0 Å². The largest absolute Gasteiger partial charge is 0.469 e. The number of hydrogen-bond acceptors (Lipinski definition) is 3. The summed E-state index contributed by atoms with van der Waals surface area (Å²) in [5.41, 5.74) is 0. The molecule has 1 fully saturated rings. The summed E-state index contributed by atoms with van der Waals surface area (Å²) in [4.78, 5) is 0. The van der Waals surface area contributed by atoms with E-state index in [0.29, 0.717) is 25.3 Å². The Morgan fingerprint density at radius 3 is 2.93 bits per heavy atom. The van der Waals surface area contributed by atoms with E-state index in [0.717, 1.165) is 18.6 Å². The van der Waals surface area contributed by atoms with Crippen molar-refractivity contribution in [3.63, 3.8) is 0 Å². The third-order valence-corrected chi connectivity index (χ3v) is 4.60. The van der Waals surface area contributed by atoms with Gasteiger partial charge in [0.15, 0.2) is 0 Å². The number of nitrogens with zero attached hydrogens (tertiary/aromatic N) is 1. The van der Waals surface area contributed by atoms with Crippen molar-refractivity contribution < 1.29 is 12.8 Å². The zero-order chi connectivity index (χ0) is 10.7. The topological polar surface area (TPSA) is 50.5 Å². The van der Waals surface area contributed by atoms with Crippen molar-refractivity contribution in [2.75, 3.05) is 18.8 Å². The predicted octanol–water partition coefficient (Wildman–Crippen LogP) is 1.25. The second-order valence-corrected chi connectivity index (χ2v) is 5.84. The van der Waals surface area contributed by atoms with Crippen LogP contribution >= 0.6 is 0 Å². The Morgan fingerprint density at radius 2 is 2.27 bits per heavy atom. The van der Waals surface area contributed by atoms with Crippen LogP contribution in [0, 0.1) is 0 Å². The standard InChI is InChI=1S/C10H15NO3S/c12-15(13)9-2-1-6-11(15)7-5-10-4-3-8-14-10/h3-4,8H,1-2,5-7,9H2. The van der Waals surface area contributed by atoms with Crippen molar-refractivity contribution >= 4 is 10.0 Å². The molecular weight excluding hydrogens is 214 g/mol. The second kappa shape index (κ2) is 4.37. The number of rotatable bonds is 3. The lowest BCUT2D eigenvalue weighted by molar-refractivity contribution is 0.373. The van der Waals surface area contributed by atoms with E-state index >= 15 is 0 Å². The molecule has 1 aliphatic heterocycles. The van der Waals surface area contributed by atoms with Gasteiger partial charge in [0.05, 0.1) is 12.0 Å². The minimum Gasteiger partial charge on any atom is -0.469 e. The van der Waals surface area contributed by atoms with Crippen molar-refractivity contribution in [2.24, 2.45) is 0 Å². The lowest BCUT2D eigenvalue weighted by atomic mass is 10.3. The molecule has 1 aromatic heterocycles. The third kappa shape index (κ3) is 2.60. The van der Waals surface area contributed by atoms with E-state index in [1.165, 1.54) is 0 Å². The van der Waals surface area contributed by atoms with Crippen molar-refractivity contribution in [3.05, 3.63) is 24.2 Å². The summed E-state index contributed by atoms with van der Waals surface area (Å²) in [6, 6.07) is 3.69. The highest BCUT2D eigenvalue weighted by molar-refractivity contribution is 7.89. The number of furan rings is 1. The Morgan fingerprint density at radius 1 is 1.40 bits per heavy atom. The lowest BCUT2D eigenvalue weighted by Gasteiger charge is -2.25. The predicted molar refractivity (Wildman–Crippen MR) is 57.0 cm³/mol. The van der Waals surface area contributed by atoms with E-state index in [1.54, 1.807) is 10.6 Å². The molecular formula is C10H15NO3S. The molecule has 0 bridgehead atoms. The highest BCUT2D eigenvalue weighted by Gasteiger charge is 2.25. The summed E-state index contributed by atoms with van der Waals surface area (Å²) >= 11 is 0. The highest BCUT2D eigenvalue weighted by atomic mass is 32.2. The summed E-state index contributed by atoms with van der Waals surface area (Å²) in [6.45, 7) is 1.19. The van der Waals surface area contributed by atoms with Gasteiger partial charge in [-0.25, -0.2) is 12.7 Å². The normalized spacial score (nSPS) is 21.6. The fourth-order valence-corrected chi connectivity index (χ4v) is 3.39. The zero-order valence-corrected chi connectivity index (χ0v) is 9.37. The van der Waals surface area contributed by atoms with Crippen molar-refractivity contribution in [1.82, 2.24) is 4.31 Å². The molecule has 1 aliphatic rings. The number of sulfonamides is 1. The monoisotopic (exact) mass is 229 g/mol. The molecule has 4 nitrogen and oxygen atoms in total. The Hall–Kier alpha value is -0.810. The molecule has 1 saturated heterocycles. The van der Waals surface area contributed by atoms with Crippen LogP contribution in [-0.2, 0) is 16.4 Å². The van der Waals surface area contributed by atoms with Gasteiger partial charge >= 0.3 is 0 Å². The first-order valence-electron chi connectivity index (χ1n) is 5.19. The van der Waals surface area contributed by atoms with Crippen LogP contribution < -0.4 is 0 Å². The lowest BCUT2D eigenvalue weighted by Crippen LogP contribution is -2.39. The van der Waals surface area contributed by atoms with Gasteiger partial charge in [0, 0.05) is 19.5 Å². The Bertz CT molecular complexity index is 396. The van der Waals surface area contributed by atoms with Gasteiger partial charge in [-0.05, 0) is 25.0 Å². The molecule has 0 amide bonds. The van der Waals surface area contributed by atoms with E-state index < -0.39 is 10.0 Å². The quantitative estimate of drug-likeness (QED) is 0.783.